The summed E-state index contributed by atoms with van der Waals surface area (Å²) in [5.41, 5.74) is 4.08. The van der Waals surface area contributed by atoms with Gasteiger partial charge in [0.15, 0.2) is 5.65 Å². The molecular weight excluding hydrogens is 278 g/mol. The fourth-order valence-electron chi connectivity index (χ4n) is 3.59. The van der Waals surface area contributed by atoms with Gasteiger partial charge in [-0.05, 0) is 44.2 Å². The maximum absolute atomic E-state index is 10.8. The average Bonchev–Trinajstić information content (AvgIpc) is 2.91. The summed E-state index contributed by atoms with van der Waals surface area (Å²) in [6.07, 6.45) is 8.78. The smallest absolute Gasteiger partial charge is 0.303 e. The fourth-order valence-corrected chi connectivity index (χ4v) is 3.59. The van der Waals surface area contributed by atoms with Crippen molar-refractivity contribution < 1.29 is 9.90 Å². The molecule has 0 aliphatic heterocycles. The lowest BCUT2D eigenvalue weighted by Crippen LogP contribution is -2.15. The van der Waals surface area contributed by atoms with Crippen LogP contribution in [-0.4, -0.2) is 25.8 Å². The van der Waals surface area contributed by atoms with Crippen LogP contribution in [0.4, 0.5) is 0 Å². The minimum absolute atomic E-state index is 0.144. The average molecular weight is 301 g/mol. The monoisotopic (exact) mass is 301 g/mol. The molecule has 1 saturated carbocycles. The summed E-state index contributed by atoms with van der Waals surface area (Å²) in [7, 11) is 0. The Morgan fingerprint density at radius 1 is 1.32 bits per heavy atom. The van der Waals surface area contributed by atoms with Crippen molar-refractivity contribution in [2.45, 2.75) is 64.8 Å². The van der Waals surface area contributed by atoms with Crippen molar-refractivity contribution >= 4 is 17.0 Å². The zero-order chi connectivity index (χ0) is 15.7. The molecule has 1 aliphatic carbocycles. The van der Waals surface area contributed by atoms with Crippen LogP contribution in [0.15, 0.2) is 6.20 Å². The molecule has 1 aliphatic rings. The molecule has 2 aromatic rings. The maximum Gasteiger partial charge on any atom is 0.303 e. The van der Waals surface area contributed by atoms with Crippen LogP contribution in [0.5, 0.6) is 0 Å². The van der Waals surface area contributed by atoms with Gasteiger partial charge in [0.2, 0.25) is 0 Å². The second kappa shape index (κ2) is 6.07. The first-order valence-electron chi connectivity index (χ1n) is 8.13. The molecule has 0 amide bonds. The Morgan fingerprint density at radius 2 is 2.05 bits per heavy atom. The number of rotatable bonds is 4. The lowest BCUT2D eigenvalue weighted by Gasteiger charge is -2.22. The highest BCUT2D eigenvalue weighted by Gasteiger charge is 2.21. The molecule has 0 saturated heterocycles. The number of carboxylic acids is 1. The van der Waals surface area contributed by atoms with Gasteiger partial charge in [0.1, 0.15) is 0 Å². The van der Waals surface area contributed by atoms with Gasteiger partial charge in [-0.25, -0.2) is 9.67 Å². The SMILES string of the molecule is Cc1nc2c(cnn2C2CCCCC2)c(C)c1CCC(=O)O. The number of fused-ring (bicyclic) bond motifs is 1. The number of hydrogen-bond donors (Lipinski definition) is 1. The van der Waals surface area contributed by atoms with Crippen LogP contribution in [0.1, 0.15) is 61.4 Å². The molecular formula is C17H23N3O2. The van der Waals surface area contributed by atoms with E-state index in [1.807, 2.05) is 13.1 Å². The largest absolute Gasteiger partial charge is 0.481 e. The van der Waals surface area contributed by atoms with Gasteiger partial charge in [0, 0.05) is 17.5 Å². The Bertz CT molecular complexity index is 699. The molecule has 0 atom stereocenters. The number of carboxylic acid groups (broad SMARTS) is 1. The van der Waals surface area contributed by atoms with Crippen molar-refractivity contribution in [2.24, 2.45) is 0 Å². The predicted molar refractivity (Wildman–Crippen MR) is 85.1 cm³/mol. The van der Waals surface area contributed by atoms with Gasteiger partial charge in [-0.2, -0.15) is 5.10 Å². The van der Waals surface area contributed by atoms with E-state index in [1.165, 1.54) is 32.1 Å². The van der Waals surface area contributed by atoms with Crippen LogP contribution in [0.25, 0.3) is 11.0 Å². The van der Waals surface area contributed by atoms with Gasteiger partial charge in [0.05, 0.1) is 12.2 Å². The molecule has 5 heteroatoms. The molecule has 118 valence electrons. The van der Waals surface area contributed by atoms with Crippen LogP contribution in [-0.2, 0) is 11.2 Å². The van der Waals surface area contributed by atoms with E-state index in [2.05, 4.69) is 16.7 Å². The molecule has 5 nitrogen and oxygen atoms in total. The molecule has 2 heterocycles. The highest BCUT2D eigenvalue weighted by Crippen LogP contribution is 2.31. The molecule has 2 aromatic heterocycles. The Hall–Kier alpha value is -1.91. The first kappa shape index (κ1) is 15.0. The summed E-state index contributed by atoms with van der Waals surface area (Å²) < 4.78 is 2.09. The third-order valence-electron chi connectivity index (χ3n) is 4.85. The van der Waals surface area contributed by atoms with Gasteiger partial charge in [-0.3, -0.25) is 4.79 Å². The number of hydrogen-bond acceptors (Lipinski definition) is 3. The van der Waals surface area contributed by atoms with Crippen LogP contribution in [0.3, 0.4) is 0 Å². The minimum atomic E-state index is -0.767. The van der Waals surface area contributed by atoms with Gasteiger partial charge >= 0.3 is 5.97 Å². The summed E-state index contributed by atoms with van der Waals surface area (Å²) in [5.74, 6) is -0.767. The first-order valence-corrected chi connectivity index (χ1v) is 8.13. The Morgan fingerprint density at radius 3 is 2.73 bits per heavy atom. The highest BCUT2D eigenvalue weighted by molar-refractivity contribution is 5.80. The van der Waals surface area contributed by atoms with Crippen molar-refractivity contribution in [1.82, 2.24) is 14.8 Å². The quantitative estimate of drug-likeness (QED) is 0.937. The summed E-state index contributed by atoms with van der Waals surface area (Å²) in [6, 6.07) is 0.461. The fraction of sp³-hybridized carbons (Fsp3) is 0.588. The van der Waals surface area contributed by atoms with E-state index in [-0.39, 0.29) is 6.42 Å². The van der Waals surface area contributed by atoms with Gasteiger partial charge in [-0.1, -0.05) is 19.3 Å². The van der Waals surface area contributed by atoms with E-state index < -0.39 is 5.97 Å². The Kier molecular flexibility index (Phi) is 4.14. The van der Waals surface area contributed by atoms with Crippen LogP contribution >= 0.6 is 0 Å². The van der Waals surface area contributed by atoms with E-state index >= 15 is 0 Å². The number of aryl methyl sites for hydroxylation is 2. The van der Waals surface area contributed by atoms with Gasteiger partial charge in [-0.15, -0.1) is 0 Å². The molecule has 1 fully saturated rings. The van der Waals surface area contributed by atoms with Crippen LogP contribution in [0, 0.1) is 13.8 Å². The molecule has 0 unspecified atom stereocenters. The Balaban J connectivity index is 2.00. The van der Waals surface area contributed by atoms with Crippen molar-refractivity contribution in [3.8, 4) is 0 Å². The van der Waals surface area contributed by atoms with E-state index in [0.29, 0.717) is 12.5 Å². The van der Waals surface area contributed by atoms with Crippen LogP contribution in [0.2, 0.25) is 0 Å². The van der Waals surface area contributed by atoms with Crippen molar-refractivity contribution in [3.63, 3.8) is 0 Å². The molecule has 22 heavy (non-hydrogen) atoms. The number of carbonyl (C=O) groups is 1. The normalized spacial score (nSPS) is 16.3. The molecule has 0 bridgehead atoms. The molecule has 0 radical (unpaired) electrons. The van der Waals surface area contributed by atoms with Crippen LogP contribution < -0.4 is 0 Å². The minimum Gasteiger partial charge on any atom is -0.481 e. The molecule has 3 rings (SSSR count). The third kappa shape index (κ3) is 2.72. The topological polar surface area (TPSA) is 68.0 Å². The van der Waals surface area contributed by atoms with Crippen molar-refractivity contribution in [3.05, 3.63) is 23.0 Å². The van der Waals surface area contributed by atoms with Crippen molar-refractivity contribution in [1.29, 1.82) is 0 Å². The standard InChI is InChI=1S/C17H23N3O2/c1-11-14(8-9-16(21)22)12(2)19-17-15(11)10-18-20(17)13-6-4-3-5-7-13/h10,13H,3-9H2,1-2H3,(H,21,22). The number of aromatic nitrogens is 3. The van der Waals surface area contributed by atoms with E-state index in [1.54, 1.807) is 0 Å². The highest BCUT2D eigenvalue weighted by atomic mass is 16.4. The molecule has 0 spiro atoms. The second-order valence-corrected chi connectivity index (χ2v) is 6.31. The second-order valence-electron chi connectivity index (χ2n) is 6.31. The Labute approximate surface area is 130 Å². The zero-order valence-electron chi connectivity index (χ0n) is 13.3. The van der Waals surface area contributed by atoms with Gasteiger partial charge in [0.25, 0.3) is 0 Å². The van der Waals surface area contributed by atoms with E-state index in [9.17, 15) is 4.79 Å². The summed E-state index contributed by atoms with van der Waals surface area (Å²) >= 11 is 0. The third-order valence-corrected chi connectivity index (χ3v) is 4.85. The maximum atomic E-state index is 10.8. The summed E-state index contributed by atoms with van der Waals surface area (Å²) in [4.78, 5) is 15.6. The van der Waals surface area contributed by atoms with Crippen molar-refractivity contribution in [2.75, 3.05) is 0 Å². The summed E-state index contributed by atoms with van der Waals surface area (Å²) in [6.45, 7) is 4.03. The number of aliphatic carboxylic acids is 1. The molecule has 1 N–H and O–H groups in total. The van der Waals surface area contributed by atoms with E-state index in [4.69, 9.17) is 10.1 Å². The predicted octanol–water partition coefficient (Wildman–Crippen LogP) is 3.57. The van der Waals surface area contributed by atoms with Gasteiger partial charge < -0.3 is 5.11 Å². The number of pyridine rings is 1. The van der Waals surface area contributed by atoms with E-state index in [0.717, 1.165) is 27.9 Å². The zero-order valence-corrected chi connectivity index (χ0v) is 13.3. The molecule has 0 aromatic carbocycles. The lowest BCUT2D eigenvalue weighted by molar-refractivity contribution is -0.136. The number of nitrogens with zero attached hydrogens (tertiary/aromatic N) is 3. The summed E-state index contributed by atoms with van der Waals surface area (Å²) in [5, 5.41) is 14.6. The lowest BCUT2D eigenvalue weighted by atomic mass is 9.95. The first-order chi connectivity index (χ1) is 10.6.